The lowest BCUT2D eigenvalue weighted by atomic mass is 9.93. The van der Waals surface area contributed by atoms with E-state index in [1.165, 1.54) is 0 Å². The topological polar surface area (TPSA) is 55.8 Å². The number of amides is 1. The molecule has 0 N–H and O–H groups in total. The fraction of sp³-hybridized carbons (Fsp3) is 0.556. The lowest BCUT2D eigenvalue weighted by Gasteiger charge is -2.40. The van der Waals surface area contributed by atoms with Crippen LogP contribution in [-0.4, -0.2) is 35.7 Å². The largest absolute Gasteiger partial charge is 0.457 e. The zero-order valence-corrected chi connectivity index (χ0v) is 14.0. The number of benzene rings is 1. The van der Waals surface area contributed by atoms with E-state index < -0.39 is 11.7 Å². The summed E-state index contributed by atoms with van der Waals surface area (Å²) in [5, 5.41) is 0. The Morgan fingerprint density at radius 2 is 1.96 bits per heavy atom. The van der Waals surface area contributed by atoms with Crippen LogP contribution in [0.4, 0.5) is 4.79 Å². The Bertz CT molecular complexity index is 524. The van der Waals surface area contributed by atoms with E-state index in [0.29, 0.717) is 13.0 Å². The minimum absolute atomic E-state index is 0.203. The summed E-state index contributed by atoms with van der Waals surface area (Å²) < 4.78 is 10.9. The molecule has 1 amide bonds. The fourth-order valence-corrected chi connectivity index (χ4v) is 2.91. The predicted molar refractivity (Wildman–Crippen MR) is 86.9 cm³/mol. The lowest BCUT2D eigenvalue weighted by molar-refractivity contribution is -0.138. The molecule has 2 rings (SSSR count). The Balaban J connectivity index is 2.24. The quantitative estimate of drug-likeness (QED) is 0.794. The molecule has 2 atom stereocenters. The van der Waals surface area contributed by atoms with Gasteiger partial charge in [0.25, 0.3) is 6.47 Å². The van der Waals surface area contributed by atoms with E-state index in [-0.39, 0.29) is 12.1 Å². The monoisotopic (exact) mass is 319 g/mol. The highest BCUT2D eigenvalue weighted by Gasteiger charge is 2.37. The molecule has 126 valence electrons. The van der Waals surface area contributed by atoms with Gasteiger partial charge in [-0.15, -0.1) is 0 Å². The summed E-state index contributed by atoms with van der Waals surface area (Å²) in [6.45, 7) is 6.62. The standard InChI is InChI=1S/C18H25NO4/c1-18(2,3)23-17(21)19-12-8-7-11-15(19)16(22-13-20)14-9-5-4-6-10-14/h4-6,9-10,13,15-16H,7-8,11-12H2,1-3H3. The van der Waals surface area contributed by atoms with E-state index >= 15 is 0 Å². The van der Waals surface area contributed by atoms with Gasteiger partial charge in [0.2, 0.25) is 0 Å². The Kier molecular flexibility index (Phi) is 5.64. The van der Waals surface area contributed by atoms with Crippen LogP contribution in [-0.2, 0) is 14.3 Å². The summed E-state index contributed by atoms with van der Waals surface area (Å²) in [6.07, 6.45) is 1.89. The Morgan fingerprint density at radius 3 is 2.57 bits per heavy atom. The molecule has 5 nitrogen and oxygen atoms in total. The predicted octanol–water partition coefficient (Wildman–Crippen LogP) is 3.69. The fourth-order valence-electron chi connectivity index (χ4n) is 2.91. The van der Waals surface area contributed by atoms with Gasteiger partial charge in [0.05, 0.1) is 6.04 Å². The molecule has 1 aliphatic heterocycles. The normalized spacial score (nSPS) is 19.8. The SMILES string of the molecule is CC(C)(C)OC(=O)N1CCCCC1C(OC=O)c1ccccc1. The maximum Gasteiger partial charge on any atom is 0.410 e. The average Bonchev–Trinajstić information content (AvgIpc) is 2.52. The van der Waals surface area contributed by atoms with Crippen molar-refractivity contribution in [2.45, 2.75) is 57.8 Å². The first-order chi connectivity index (χ1) is 10.9. The summed E-state index contributed by atoms with van der Waals surface area (Å²) in [4.78, 5) is 25.2. The van der Waals surface area contributed by atoms with Crippen molar-refractivity contribution >= 4 is 12.6 Å². The zero-order valence-electron chi connectivity index (χ0n) is 14.0. The molecular weight excluding hydrogens is 294 g/mol. The van der Waals surface area contributed by atoms with Crippen LogP contribution < -0.4 is 0 Å². The van der Waals surface area contributed by atoms with Gasteiger partial charge >= 0.3 is 6.09 Å². The molecular formula is C18H25NO4. The molecule has 2 unspecified atom stereocenters. The van der Waals surface area contributed by atoms with Crippen LogP contribution in [0.2, 0.25) is 0 Å². The number of nitrogens with zero attached hydrogens (tertiary/aromatic N) is 1. The smallest absolute Gasteiger partial charge is 0.410 e. The van der Waals surface area contributed by atoms with Crippen LogP contribution in [0.3, 0.4) is 0 Å². The van der Waals surface area contributed by atoms with Gasteiger partial charge < -0.3 is 14.4 Å². The maximum atomic E-state index is 12.5. The lowest BCUT2D eigenvalue weighted by Crippen LogP contribution is -2.49. The van der Waals surface area contributed by atoms with Crippen molar-refractivity contribution in [1.82, 2.24) is 4.90 Å². The molecule has 0 radical (unpaired) electrons. The highest BCUT2D eigenvalue weighted by atomic mass is 16.6. The van der Waals surface area contributed by atoms with Gasteiger partial charge in [-0.1, -0.05) is 30.3 Å². The molecule has 23 heavy (non-hydrogen) atoms. The second-order valence-corrected chi connectivity index (χ2v) is 6.80. The van der Waals surface area contributed by atoms with Gasteiger partial charge in [-0.2, -0.15) is 0 Å². The van der Waals surface area contributed by atoms with Crippen molar-refractivity contribution < 1.29 is 19.1 Å². The first-order valence-electron chi connectivity index (χ1n) is 8.06. The molecule has 1 heterocycles. The summed E-state index contributed by atoms with van der Waals surface area (Å²) in [5.41, 5.74) is 0.340. The van der Waals surface area contributed by atoms with E-state index in [9.17, 15) is 9.59 Å². The summed E-state index contributed by atoms with van der Waals surface area (Å²) >= 11 is 0. The average molecular weight is 319 g/mol. The Hall–Kier alpha value is -2.04. The van der Waals surface area contributed by atoms with Gasteiger partial charge in [0, 0.05) is 6.54 Å². The van der Waals surface area contributed by atoms with Crippen molar-refractivity contribution in [1.29, 1.82) is 0 Å². The second-order valence-electron chi connectivity index (χ2n) is 6.80. The first kappa shape index (κ1) is 17.3. The molecule has 1 aliphatic rings. The number of piperidine rings is 1. The van der Waals surface area contributed by atoms with Crippen molar-refractivity contribution in [2.24, 2.45) is 0 Å². The van der Waals surface area contributed by atoms with E-state index in [4.69, 9.17) is 9.47 Å². The van der Waals surface area contributed by atoms with Crippen LogP contribution >= 0.6 is 0 Å². The number of hydrogen-bond acceptors (Lipinski definition) is 4. The van der Waals surface area contributed by atoms with Crippen LogP contribution in [0.1, 0.15) is 51.7 Å². The third kappa shape index (κ3) is 4.71. The van der Waals surface area contributed by atoms with Gasteiger partial charge in [0.1, 0.15) is 11.7 Å². The molecule has 1 fully saturated rings. The van der Waals surface area contributed by atoms with Gasteiger partial charge in [-0.25, -0.2) is 4.79 Å². The molecule has 0 aliphatic carbocycles. The van der Waals surface area contributed by atoms with Crippen molar-refractivity contribution in [2.75, 3.05) is 6.54 Å². The van der Waals surface area contributed by atoms with Crippen LogP contribution in [0.15, 0.2) is 30.3 Å². The number of ether oxygens (including phenoxy) is 2. The summed E-state index contributed by atoms with van der Waals surface area (Å²) in [7, 11) is 0. The molecule has 0 bridgehead atoms. The van der Waals surface area contributed by atoms with E-state index in [2.05, 4.69) is 0 Å². The second kappa shape index (κ2) is 7.49. The van der Waals surface area contributed by atoms with Crippen molar-refractivity contribution in [3.63, 3.8) is 0 Å². The highest BCUT2D eigenvalue weighted by molar-refractivity contribution is 5.69. The van der Waals surface area contributed by atoms with E-state index in [1.54, 1.807) is 4.90 Å². The van der Waals surface area contributed by atoms with Crippen LogP contribution in [0.5, 0.6) is 0 Å². The molecule has 0 aromatic heterocycles. The van der Waals surface area contributed by atoms with Gasteiger partial charge in [-0.05, 0) is 45.6 Å². The molecule has 1 aromatic carbocycles. The van der Waals surface area contributed by atoms with Crippen molar-refractivity contribution in [3.8, 4) is 0 Å². The zero-order chi connectivity index (χ0) is 16.9. The number of likely N-dealkylation sites (tertiary alicyclic amines) is 1. The molecule has 1 aromatic rings. The Labute approximate surface area is 137 Å². The minimum Gasteiger partial charge on any atom is -0.457 e. The molecule has 0 spiro atoms. The number of carbonyl (C=O) groups is 2. The van der Waals surface area contributed by atoms with Gasteiger partial charge in [0.15, 0.2) is 0 Å². The maximum absolute atomic E-state index is 12.5. The number of hydrogen-bond donors (Lipinski definition) is 0. The van der Waals surface area contributed by atoms with Crippen LogP contribution in [0, 0.1) is 0 Å². The Morgan fingerprint density at radius 1 is 1.26 bits per heavy atom. The highest BCUT2D eigenvalue weighted by Crippen LogP contribution is 2.32. The number of carbonyl (C=O) groups excluding carboxylic acids is 2. The van der Waals surface area contributed by atoms with E-state index in [1.807, 2.05) is 51.1 Å². The van der Waals surface area contributed by atoms with Crippen molar-refractivity contribution in [3.05, 3.63) is 35.9 Å². The summed E-state index contributed by atoms with van der Waals surface area (Å²) in [5.74, 6) is 0. The summed E-state index contributed by atoms with van der Waals surface area (Å²) in [6, 6.07) is 9.33. The third-order valence-corrected chi connectivity index (χ3v) is 3.86. The third-order valence-electron chi connectivity index (χ3n) is 3.86. The minimum atomic E-state index is -0.549. The van der Waals surface area contributed by atoms with Gasteiger partial charge in [-0.3, -0.25) is 4.79 Å². The van der Waals surface area contributed by atoms with Crippen LogP contribution in [0.25, 0.3) is 0 Å². The molecule has 5 heteroatoms. The molecule has 1 saturated heterocycles. The molecule has 0 saturated carbocycles. The first-order valence-corrected chi connectivity index (χ1v) is 8.06. The number of rotatable bonds is 4. The van der Waals surface area contributed by atoms with E-state index in [0.717, 1.165) is 24.8 Å².